The van der Waals surface area contributed by atoms with Crippen LogP contribution >= 0.6 is 24.0 Å². The highest BCUT2D eigenvalue weighted by Crippen LogP contribution is 2.35. The summed E-state index contributed by atoms with van der Waals surface area (Å²) in [6, 6.07) is 12.1. The van der Waals surface area contributed by atoms with Gasteiger partial charge in [0.1, 0.15) is 11.5 Å². The second kappa shape index (κ2) is 11.4. The Bertz CT molecular complexity index is 1530. The van der Waals surface area contributed by atoms with Gasteiger partial charge in [0, 0.05) is 49.6 Å². The van der Waals surface area contributed by atoms with E-state index >= 15 is 0 Å². The maximum Gasteiger partial charge on any atom is 0.231 e. The molecule has 2 saturated heterocycles. The molecular formula is C28H32N8O3S2. The lowest BCUT2D eigenvalue weighted by atomic mass is 10.1. The molecule has 13 heteroatoms. The molecule has 7 rings (SSSR count). The first-order valence-corrected chi connectivity index (χ1v) is 15.4. The van der Waals surface area contributed by atoms with Crippen LogP contribution in [0.25, 0.3) is 17.2 Å². The number of aromatic nitrogens is 4. The summed E-state index contributed by atoms with van der Waals surface area (Å²) in [5, 5.41) is 17.1. The third-order valence-corrected chi connectivity index (χ3v) is 9.55. The highest BCUT2D eigenvalue weighted by Gasteiger charge is 2.33. The summed E-state index contributed by atoms with van der Waals surface area (Å²) in [4.78, 5) is 22.1. The van der Waals surface area contributed by atoms with E-state index in [0.717, 1.165) is 50.5 Å². The van der Waals surface area contributed by atoms with Crippen molar-refractivity contribution in [3.63, 3.8) is 0 Å². The Morgan fingerprint density at radius 2 is 1.98 bits per heavy atom. The van der Waals surface area contributed by atoms with Crippen LogP contribution in [-0.4, -0.2) is 81.5 Å². The van der Waals surface area contributed by atoms with Gasteiger partial charge in [-0.25, -0.2) is 4.98 Å². The quantitative estimate of drug-likeness (QED) is 0.266. The topological polar surface area (TPSA) is 113 Å². The molecule has 2 fully saturated rings. The average Bonchev–Trinajstić information content (AvgIpc) is 3.80. The fourth-order valence-corrected chi connectivity index (χ4v) is 7.32. The van der Waals surface area contributed by atoms with Crippen molar-refractivity contribution in [2.75, 3.05) is 44.5 Å². The number of carbonyl (C=O) groups excluding carboxylic acids is 1. The first-order valence-electron chi connectivity index (χ1n) is 14.0. The molecular weight excluding hydrogens is 560 g/mol. The Morgan fingerprint density at radius 3 is 2.88 bits per heavy atom. The van der Waals surface area contributed by atoms with Gasteiger partial charge in [-0.05, 0) is 54.7 Å². The zero-order valence-corrected chi connectivity index (χ0v) is 24.2. The zero-order valence-electron chi connectivity index (χ0n) is 22.5. The molecule has 0 radical (unpaired) electrons. The third kappa shape index (κ3) is 5.29. The van der Waals surface area contributed by atoms with Gasteiger partial charge in [-0.2, -0.15) is 5.10 Å². The summed E-state index contributed by atoms with van der Waals surface area (Å²) in [5.41, 5.74) is 2.85. The molecule has 3 N–H and O–H groups in total. The molecule has 0 aliphatic carbocycles. The van der Waals surface area contributed by atoms with E-state index in [1.54, 1.807) is 0 Å². The summed E-state index contributed by atoms with van der Waals surface area (Å²) in [5.74, 6) is 3.12. The van der Waals surface area contributed by atoms with E-state index in [0.29, 0.717) is 58.6 Å². The monoisotopic (exact) mass is 592 g/mol. The van der Waals surface area contributed by atoms with E-state index in [4.69, 9.17) is 26.7 Å². The Hall–Kier alpha value is -3.55. The van der Waals surface area contributed by atoms with Crippen LogP contribution in [0, 0.1) is 4.77 Å². The van der Waals surface area contributed by atoms with Crippen molar-refractivity contribution in [1.29, 1.82) is 0 Å². The summed E-state index contributed by atoms with van der Waals surface area (Å²) in [6.45, 7) is 3.95. The molecule has 11 nitrogen and oxygen atoms in total. The summed E-state index contributed by atoms with van der Waals surface area (Å²) in [6.07, 6.45) is 3.76. The van der Waals surface area contributed by atoms with Gasteiger partial charge in [0.2, 0.25) is 12.7 Å². The van der Waals surface area contributed by atoms with Crippen LogP contribution in [0.2, 0.25) is 0 Å². The lowest BCUT2D eigenvalue weighted by molar-refractivity contribution is -0.131. The number of amides is 1. The van der Waals surface area contributed by atoms with Gasteiger partial charge in [-0.1, -0.05) is 12.5 Å². The molecule has 6 heterocycles. The first-order chi connectivity index (χ1) is 20.1. The van der Waals surface area contributed by atoms with E-state index in [9.17, 15) is 4.79 Å². The van der Waals surface area contributed by atoms with Crippen LogP contribution in [0.5, 0.6) is 11.5 Å². The smallest absolute Gasteiger partial charge is 0.231 e. The molecule has 2 aromatic heterocycles. The van der Waals surface area contributed by atoms with E-state index in [1.165, 1.54) is 5.70 Å². The molecule has 1 amide bonds. The van der Waals surface area contributed by atoms with Crippen molar-refractivity contribution in [3.05, 3.63) is 52.3 Å². The van der Waals surface area contributed by atoms with Crippen LogP contribution in [-0.2, 0) is 4.79 Å². The number of pyridine rings is 1. The zero-order chi connectivity index (χ0) is 27.8. The number of fused-ring (bicyclic) bond motifs is 2. The normalized spacial score (nSPS) is 21.1. The average molecular weight is 593 g/mol. The van der Waals surface area contributed by atoms with Crippen molar-refractivity contribution < 1.29 is 14.3 Å². The summed E-state index contributed by atoms with van der Waals surface area (Å²) < 4.78 is 13.3. The minimum Gasteiger partial charge on any atom is -0.454 e. The second-order valence-electron chi connectivity index (χ2n) is 10.5. The fraction of sp³-hybridized carbons (Fsp3) is 0.429. The van der Waals surface area contributed by atoms with Crippen molar-refractivity contribution in [1.82, 2.24) is 35.3 Å². The number of ether oxygens (including phenoxy) is 2. The van der Waals surface area contributed by atoms with E-state index < -0.39 is 0 Å². The maximum atomic E-state index is 12.9. The second-order valence-corrected chi connectivity index (χ2v) is 12.0. The van der Waals surface area contributed by atoms with Crippen LogP contribution in [0.3, 0.4) is 0 Å². The molecule has 1 aromatic carbocycles. The molecule has 41 heavy (non-hydrogen) atoms. The number of rotatable bonds is 8. The first kappa shape index (κ1) is 26.4. The highest BCUT2D eigenvalue weighted by atomic mass is 32.2. The van der Waals surface area contributed by atoms with Gasteiger partial charge in [0.25, 0.3) is 0 Å². The van der Waals surface area contributed by atoms with Gasteiger partial charge in [-0.3, -0.25) is 19.8 Å². The van der Waals surface area contributed by atoms with Crippen LogP contribution < -0.4 is 25.0 Å². The number of aromatic amines is 1. The molecule has 2 atom stereocenters. The Balaban J connectivity index is 0.947. The van der Waals surface area contributed by atoms with E-state index in [-0.39, 0.29) is 12.7 Å². The van der Waals surface area contributed by atoms with Crippen molar-refractivity contribution in [2.24, 2.45) is 0 Å². The number of nitrogens with zero attached hydrogens (tertiary/aromatic N) is 5. The van der Waals surface area contributed by atoms with Crippen molar-refractivity contribution in [3.8, 4) is 28.7 Å². The standard InChI is InChI=1S/C28H32N8O3S2/c37-25(7-2-1-5-23-26-20(15-41-23)29-16-30-26)35-12-10-34(11-13-35)24-6-3-4-19(31-24)27-32-33-28(40)36(27)18-8-9-21-22(14-18)39-17-38-21/h3-4,6,8-9,14-15,23,26,29-30H,1-2,5,7,10-13,16-17H2,(H,33,40). The molecule has 214 valence electrons. The number of anilines is 1. The lowest BCUT2D eigenvalue weighted by Crippen LogP contribution is -2.49. The summed E-state index contributed by atoms with van der Waals surface area (Å²) in [7, 11) is 0. The van der Waals surface area contributed by atoms with Crippen LogP contribution in [0.4, 0.5) is 5.82 Å². The maximum absolute atomic E-state index is 12.9. The number of nitrogens with one attached hydrogen (secondary N) is 3. The number of piperazine rings is 1. The minimum atomic E-state index is 0.208. The number of hydrogen-bond acceptors (Lipinski definition) is 10. The molecule has 0 bridgehead atoms. The molecule has 4 aliphatic rings. The van der Waals surface area contributed by atoms with Gasteiger partial charge < -0.3 is 24.6 Å². The molecule has 0 spiro atoms. The van der Waals surface area contributed by atoms with Crippen LogP contribution in [0.1, 0.15) is 25.7 Å². The minimum absolute atomic E-state index is 0.208. The van der Waals surface area contributed by atoms with Gasteiger partial charge >= 0.3 is 0 Å². The Kier molecular flexibility index (Phi) is 7.31. The van der Waals surface area contributed by atoms with Gasteiger partial charge in [0.15, 0.2) is 22.1 Å². The number of H-pyrrole nitrogens is 1. The van der Waals surface area contributed by atoms with Gasteiger partial charge in [-0.15, -0.1) is 11.8 Å². The van der Waals surface area contributed by atoms with Gasteiger partial charge in [0.05, 0.1) is 18.4 Å². The predicted octanol–water partition coefficient (Wildman–Crippen LogP) is 3.41. The predicted molar refractivity (Wildman–Crippen MR) is 160 cm³/mol. The van der Waals surface area contributed by atoms with Crippen LogP contribution in [0.15, 0.2) is 47.5 Å². The van der Waals surface area contributed by atoms with E-state index in [2.05, 4.69) is 31.1 Å². The third-order valence-electron chi connectivity index (χ3n) is 8.03. The Morgan fingerprint density at radius 1 is 1.10 bits per heavy atom. The summed E-state index contributed by atoms with van der Waals surface area (Å²) >= 11 is 7.46. The molecule has 0 saturated carbocycles. The van der Waals surface area contributed by atoms with E-state index in [1.807, 2.05) is 57.6 Å². The molecule has 3 aromatic rings. The lowest BCUT2D eigenvalue weighted by Gasteiger charge is -2.35. The fourth-order valence-electron chi connectivity index (χ4n) is 5.82. The highest BCUT2D eigenvalue weighted by molar-refractivity contribution is 8.03. The number of hydrogen-bond donors (Lipinski definition) is 3. The number of benzene rings is 1. The largest absolute Gasteiger partial charge is 0.454 e. The molecule has 2 unspecified atom stereocenters. The van der Waals surface area contributed by atoms with Crippen molar-refractivity contribution >= 4 is 35.7 Å². The number of carbonyl (C=O) groups is 1. The Labute approximate surface area is 247 Å². The molecule has 4 aliphatic heterocycles. The number of thioether (sulfide) groups is 1. The van der Waals surface area contributed by atoms with Crippen molar-refractivity contribution in [2.45, 2.75) is 37.0 Å². The number of unbranched alkanes of at least 4 members (excludes halogenated alkanes) is 1. The SMILES string of the molecule is O=C(CCCCC1SC=C2NCNC21)N1CCN(c2cccc(-c3n[nH]c(=S)n3-c3ccc4c(c3)OCO4)n2)CC1.